The molecule has 0 aromatic heterocycles. The third-order valence-electron chi connectivity index (χ3n) is 2.90. The van der Waals surface area contributed by atoms with Gasteiger partial charge in [-0.3, -0.25) is 0 Å². The number of fused-ring (bicyclic) bond motifs is 1. The molecule has 0 heterocycles. The third-order valence-corrected chi connectivity index (χ3v) is 2.90. The molecule has 2 aliphatic carbocycles. The van der Waals surface area contributed by atoms with E-state index in [2.05, 4.69) is 25.2 Å². The van der Waals surface area contributed by atoms with Crippen molar-refractivity contribution in [2.45, 2.75) is 25.9 Å². The van der Waals surface area contributed by atoms with E-state index in [1.807, 2.05) is 0 Å². The molecule has 0 aromatic rings. The summed E-state index contributed by atoms with van der Waals surface area (Å²) in [6.45, 7) is 2.13. The molecule has 0 aliphatic heterocycles. The van der Waals surface area contributed by atoms with Crippen LogP contribution in [-0.2, 0) is 0 Å². The summed E-state index contributed by atoms with van der Waals surface area (Å²) in [7, 11) is 0. The summed E-state index contributed by atoms with van der Waals surface area (Å²) in [4.78, 5) is 0. The largest absolute Gasteiger partial charge is 0.392 e. The quantitative estimate of drug-likeness (QED) is 0.559. The Morgan fingerprint density at radius 2 is 2.36 bits per heavy atom. The SMILES string of the molecule is CC1CCC2=CC=CC2C1O. The van der Waals surface area contributed by atoms with Gasteiger partial charge < -0.3 is 5.11 Å². The maximum atomic E-state index is 9.76. The second-order valence-corrected chi connectivity index (χ2v) is 3.66. The predicted octanol–water partition coefficient (Wildman–Crippen LogP) is 1.89. The third kappa shape index (κ3) is 1.04. The molecule has 0 spiro atoms. The summed E-state index contributed by atoms with van der Waals surface area (Å²) in [6.07, 6.45) is 8.53. The van der Waals surface area contributed by atoms with E-state index in [1.54, 1.807) is 0 Å². The first-order valence-corrected chi connectivity index (χ1v) is 4.34. The Labute approximate surface area is 67.4 Å². The second kappa shape index (κ2) is 2.49. The summed E-state index contributed by atoms with van der Waals surface area (Å²) >= 11 is 0. The van der Waals surface area contributed by atoms with E-state index >= 15 is 0 Å². The minimum Gasteiger partial charge on any atom is -0.392 e. The fourth-order valence-corrected chi connectivity index (χ4v) is 2.04. The van der Waals surface area contributed by atoms with Crippen molar-refractivity contribution in [2.24, 2.45) is 11.8 Å². The van der Waals surface area contributed by atoms with Gasteiger partial charge in [-0.15, -0.1) is 0 Å². The van der Waals surface area contributed by atoms with Crippen LogP contribution in [0.5, 0.6) is 0 Å². The zero-order chi connectivity index (χ0) is 7.84. The molecular weight excluding hydrogens is 136 g/mol. The van der Waals surface area contributed by atoms with Crippen LogP contribution in [0.15, 0.2) is 23.8 Å². The van der Waals surface area contributed by atoms with Gasteiger partial charge in [0.2, 0.25) is 0 Å². The van der Waals surface area contributed by atoms with Crippen LogP contribution in [0.2, 0.25) is 0 Å². The molecule has 3 unspecified atom stereocenters. The highest BCUT2D eigenvalue weighted by Crippen LogP contribution is 2.36. The van der Waals surface area contributed by atoms with Gasteiger partial charge in [-0.05, 0) is 18.8 Å². The molecule has 11 heavy (non-hydrogen) atoms. The van der Waals surface area contributed by atoms with Crippen LogP contribution in [-0.4, -0.2) is 11.2 Å². The molecule has 0 aromatic carbocycles. The van der Waals surface area contributed by atoms with Crippen molar-refractivity contribution in [3.8, 4) is 0 Å². The molecule has 1 fully saturated rings. The van der Waals surface area contributed by atoms with Crippen molar-refractivity contribution in [3.63, 3.8) is 0 Å². The lowest BCUT2D eigenvalue weighted by molar-refractivity contribution is 0.0698. The van der Waals surface area contributed by atoms with Gasteiger partial charge in [0.25, 0.3) is 0 Å². The van der Waals surface area contributed by atoms with Crippen LogP contribution < -0.4 is 0 Å². The van der Waals surface area contributed by atoms with Crippen molar-refractivity contribution >= 4 is 0 Å². The Bertz CT molecular complexity index is 215. The summed E-state index contributed by atoms with van der Waals surface area (Å²) in [6, 6.07) is 0. The van der Waals surface area contributed by atoms with Gasteiger partial charge in [-0.2, -0.15) is 0 Å². The van der Waals surface area contributed by atoms with Crippen molar-refractivity contribution < 1.29 is 5.11 Å². The van der Waals surface area contributed by atoms with Gasteiger partial charge >= 0.3 is 0 Å². The summed E-state index contributed by atoms with van der Waals surface area (Å²) < 4.78 is 0. The minimum absolute atomic E-state index is 0.131. The molecule has 2 rings (SSSR count). The molecule has 60 valence electrons. The van der Waals surface area contributed by atoms with Gasteiger partial charge in [-0.1, -0.05) is 30.7 Å². The molecule has 2 aliphatic rings. The zero-order valence-corrected chi connectivity index (χ0v) is 6.83. The van der Waals surface area contributed by atoms with Crippen LogP contribution in [0.1, 0.15) is 19.8 Å². The van der Waals surface area contributed by atoms with Gasteiger partial charge in [0.15, 0.2) is 0 Å². The van der Waals surface area contributed by atoms with Gasteiger partial charge in [0, 0.05) is 5.92 Å². The highest BCUT2D eigenvalue weighted by molar-refractivity contribution is 5.30. The van der Waals surface area contributed by atoms with E-state index < -0.39 is 0 Å². The van der Waals surface area contributed by atoms with E-state index in [1.165, 1.54) is 12.0 Å². The normalized spacial score (nSPS) is 42.0. The molecular formula is C10H14O. The predicted molar refractivity (Wildman–Crippen MR) is 45.1 cm³/mol. The molecule has 1 saturated carbocycles. The number of hydrogen-bond acceptors (Lipinski definition) is 1. The first kappa shape index (κ1) is 7.11. The van der Waals surface area contributed by atoms with E-state index in [-0.39, 0.29) is 6.10 Å². The van der Waals surface area contributed by atoms with Crippen LogP contribution >= 0.6 is 0 Å². The van der Waals surface area contributed by atoms with Gasteiger partial charge in [0.1, 0.15) is 0 Å². The number of rotatable bonds is 0. The average molecular weight is 150 g/mol. The standard InChI is InChI=1S/C10H14O/c1-7-5-6-8-3-2-4-9(8)10(7)11/h2-4,7,9-11H,5-6H2,1H3. The molecule has 1 heteroatoms. The van der Waals surface area contributed by atoms with Crippen LogP contribution in [0.3, 0.4) is 0 Å². The number of aliphatic hydroxyl groups excluding tert-OH is 1. The molecule has 0 radical (unpaired) electrons. The Balaban J connectivity index is 2.20. The van der Waals surface area contributed by atoms with Crippen LogP contribution in [0, 0.1) is 11.8 Å². The Hall–Kier alpha value is -0.560. The summed E-state index contributed by atoms with van der Waals surface area (Å²) in [5, 5.41) is 9.76. The van der Waals surface area contributed by atoms with E-state index in [0.29, 0.717) is 11.8 Å². The molecule has 0 amide bonds. The van der Waals surface area contributed by atoms with Gasteiger partial charge in [-0.25, -0.2) is 0 Å². The van der Waals surface area contributed by atoms with E-state index in [4.69, 9.17) is 0 Å². The van der Waals surface area contributed by atoms with E-state index in [9.17, 15) is 5.11 Å². The zero-order valence-electron chi connectivity index (χ0n) is 6.83. The molecule has 0 bridgehead atoms. The lowest BCUT2D eigenvalue weighted by atomic mass is 9.78. The average Bonchev–Trinajstić information content (AvgIpc) is 2.45. The molecule has 1 nitrogen and oxygen atoms in total. The van der Waals surface area contributed by atoms with Crippen LogP contribution in [0.4, 0.5) is 0 Å². The number of aliphatic hydroxyl groups is 1. The molecule has 3 atom stereocenters. The highest BCUT2D eigenvalue weighted by Gasteiger charge is 2.31. The minimum atomic E-state index is -0.131. The Kier molecular flexibility index (Phi) is 1.61. The number of hydrogen-bond donors (Lipinski definition) is 1. The first-order chi connectivity index (χ1) is 5.29. The number of allylic oxidation sites excluding steroid dienone is 2. The summed E-state index contributed by atoms with van der Waals surface area (Å²) in [5.41, 5.74) is 1.43. The fraction of sp³-hybridized carbons (Fsp3) is 0.600. The fourth-order valence-electron chi connectivity index (χ4n) is 2.04. The smallest absolute Gasteiger partial charge is 0.0665 e. The second-order valence-electron chi connectivity index (χ2n) is 3.66. The van der Waals surface area contributed by atoms with Gasteiger partial charge in [0.05, 0.1) is 6.10 Å². The Morgan fingerprint density at radius 3 is 3.18 bits per heavy atom. The Morgan fingerprint density at radius 1 is 1.55 bits per heavy atom. The maximum Gasteiger partial charge on any atom is 0.0665 e. The topological polar surface area (TPSA) is 20.2 Å². The maximum absolute atomic E-state index is 9.76. The van der Waals surface area contributed by atoms with Crippen molar-refractivity contribution in [2.75, 3.05) is 0 Å². The molecule has 0 saturated heterocycles. The lowest BCUT2D eigenvalue weighted by Gasteiger charge is -2.31. The monoisotopic (exact) mass is 150 g/mol. The van der Waals surface area contributed by atoms with Crippen molar-refractivity contribution in [3.05, 3.63) is 23.8 Å². The molecule has 1 N–H and O–H groups in total. The van der Waals surface area contributed by atoms with Crippen molar-refractivity contribution in [1.82, 2.24) is 0 Å². The van der Waals surface area contributed by atoms with Crippen molar-refractivity contribution in [1.29, 1.82) is 0 Å². The van der Waals surface area contributed by atoms with Crippen LogP contribution in [0.25, 0.3) is 0 Å². The van der Waals surface area contributed by atoms with E-state index in [0.717, 1.165) is 6.42 Å². The lowest BCUT2D eigenvalue weighted by Crippen LogP contribution is -2.31. The highest BCUT2D eigenvalue weighted by atomic mass is 16.3. The summed E-state index contributed by atoms with van der Waals surface area (Å²) in [5.74, 6) is 0.818. The first-order valence-electron chi connectivity index (χ1n) is 4.34.